The quantitative estimate of drug-likeness (QED) is 0.351. The van der Waals surface area contributed by atoms with Gasteiger partial charge in [-0.25, -0.2) is 4.79 Å². The van der Waals surface area contributed by atoms with E-state index in [1.165, 1.54) is 7.11 Å². The number of rotatable bonds is 10. The van der Waals surface area contributed by atoms with E-state index in [1.807, 2.05) is 18.2 Å². The van der Waals surface area contributed by atoms with E-state index in [-0.39, 0.29) is 5.97 Å². The van der Waals surface area contributed by atoms with Crippen molar-refractivity contribution in [2.45, 2.75) is 46.1 Å². The normalized spacial score (nSPS) is 13.4. The number of carbonyl (C=O) groups is 1. The van der Waals surface area contributed by atoms with Gasteiger partial charge in [-0.2, -0.15) is 0 Å². The van der Waals surface area contributed by atoms with Crippen molar-refractivity contribution >= 4 is 17.7 Å². The minimum Gasteiger partial charge on any atom is -0.491 e. The molecule has 32 heavy (non-hydrogen) atoms. The van der Waals surface area contributed by atoms with Gasteiger partial charge < -0.3 is 19.1 Å². The average Bonchev–Trinajstić information content (AvgIpc) is 3.00. The molecular formula is C27H35NO4. The predicted octanol–water partition coefficient (Wildman–Crippen LogP) is 5.72. The summed E-state index contributed by atoms with van der Waals surface area (Å²) in [4.78, 5) is 14.6. The Morgan fingerprint density at radius 1 is 1.03 bits per heavy atom. The molecule has 0 N–H and O–H groups in total. The van der Waals surface area contributed by atoms with Crippen LogP contribution in [0, 0.1) is 0 Å². The molecule has 0 atom stereocenters. The van der Waals surface area contributed by atoms with E-state index in [0.29, 0.717) is 31.2 Å². The Balaban J connectivity index is 1.76. The monoisotopic (exact) mass is 437 g/mol. The molecule has 0 saturated carbocycles. The van der Waals surface area contributed by atoms with E-state index in [0.717, 1.165) is 54.1 Å². The van der Waals surface area contributed by atoms with Crippen LogP contribution in [0.1, 0.15) is 45.6 Å². The maximum Gasteiger partial charge on any atom is 0.333 e. The topological polar surface area (TPSA) is 48.0 Å². The number of nitrogens with zero attached hydrogens (tertiary/aromatic N) is 1. The molecule has 0 aliphatic carbocycles. The Bertz CT molecular complexity index is 918. The third-order valence-corrected chi connectivity index (χ3v) is 5.69. The Labute approximate surface area is 192 Å². The summed E-state index contributed by atoms with van der Waals surface area (Å²) in [6.45, 7) is 9.24. The molecule has 0 fully saturated rings. The zero-order valence-electron chi connectivity index (χ0n) is 19.7. The molecular weight excluding hydrogens is 402 g/mol. The van der Waals surface area contributed by atoms with Crippen LogP contribution in [0.25, 0.3) is 17.2 Å². The number of benzene rings is 2. The minimum atomic E-state index is -0.257. The smallest absolute Gasteiger partial charge is 0.333 e. The van der Waals surface area contributed by atoms with Crippen LogP contribution >= 0.6 is 0 Å². The van der Waals surface area contributed by atoms with E-state index >= 15 is 0 Å². The zero-order chi connectivity index (χ0) is 22.9. The third kappa shape index (κ3) is 6.13. The van der Waals surface area contributed by atoms with Gasteiger partial charge in [0, 0.05) is 30.5 Å². The van der Waals surface area contributed by atoms with E-state index in [2.05, 4.69) is 56.0 Å². The van der Waals surface area contributed by atoms with Crippen molar-refractivity contribution in [1.29, 1.82) is 0 Å². The Kier molecular flexibility index (Phi) is 8.74. The summed E-state index contributed by atoms with van der Waals surface area (Å²) in [5.41, 5.74) is 5.10. The van der Waals surface area contributed by atoms with Crippen LogP contribution in [0.5, 0.6) is 5.75 Å². The third-order valence-electron chi connectivity index (χ3n) is 5.69. The van der Waals surface area contributed by atoms with Crippen LogP contribution < -0.4 is 9.64 Å². The lowest BCUT2D eigenvalue weighted by Gasteiger charge is -2.29. The fourth-order valence-electron chi connectivity index (χ4n) is 3.87. The summed E-state index contributed by atoms with van der Waals surface area (Å²) in [7, 11) is 1.44. The number of anilines is 1. The molecule has 5 heteroatoms. The lowest BCUT2D eigenvalue weighted by molar-refractivity contribution is -0.136. The van der Waals surface area contributed by atoms with Crippen LogP contribution in [0.15, 0.2) is 48.0 Å². The summed E-state index contributed by atoms with van der Waals surface area (Å²) >= 11 is 0. The molecule has 0 spiro atoms. The molecule has 172 valence electrons. The zero-order valence-corrected chi connectivity index (χ0v) is 19.7. The molecule has 0 amide bonds. The molecule has 5 nitrogen and oxygen atoms in total. The van der Waals surface area contributed by atoms with Gasteiger partial charge in [0.2, 0.25) is 0 Å². The first-order valence-electron chi connectivity index (χ1n) is 11.5. The van der Waals surface area contributed by atoms with Gasteiger partial charge in [-0.15, -0.1) is 0 Å². The average molecular weight is 438 g/mol. The van der Waals surface area contributed by atoms with Gasteiger partial charge in [0.1, 0.15) is 12.4 Å². The van der Waals surface area contributed by atoms with Crippen LogP contribution in [-0.2, 0) is 14.3 Å². The molecule has 1 aliphatic rings. The molecule has 2 aromatic rings. The SMILES string of the molecule is CCCCOCCOc1ccc(-c2ccc3c(c2)C=C(C(=O)OC)CCN3C(C)C)cc1. The largest absolute Gasteiger partial charge is 0.491 e. The highest BCUT2D eigenvalue weighted by molar-refractivity contribution is 5.96. The van der Waals surface area contributed by atoms with Gasteiger partial charge in [0.05, 0.1) is 13.7 Å². The number of hydrogen-bond donors (Lipinski definition) is 0. The second-order valence-corrected chi connectivity index (χ2v) is 8.31. The summed E-state index contributed by atoms with van der Waals surface area (Å²) in [6.07, 6.45) is 4.87. The number of esters is 1. The first kappa shape index (κ1) is 23.9. The maximum atomic E-state index is 12.2. The van der Waals surface area contributed by atoms with Gasteiger partial charge in [-0.3, -0.25) is 0 Å². The lowest BCUT2D eigenvalue weighted by Crippen LogP contribution is -2.32. The predicted molar refractivity (Wildman–Crippen MR) is 130 cm³/mol. The van der Waals surface area contributed by atoms with Crippen molar-refractivity contribution in [1.82, 2.24) is 0 Å². The minimum absolute atomic E-state index is 0.257. The highest BCUT2D eigenvalue weighted by Gasteiger charge is 2.21. The highest BCUT2D eigenvalue weighted by atomic mass is 16.5. The molecule has 0 bridgehead atoms. The molecule has 3 rings (SSSR count). The van der Waals surface area contributed by atoms with Crippen molar-refractivity contribution in [2.24, 2.45) is 0 Å². The fourth-order valence-corrected chi connectivity index (χ4v) is 3.87. The van der Waals surface area contributed by atoms with Crippen molar-refractivity contribution in [3.8, 4) is 16.9 Å². The first-order chi connectivity index (χ1) is 15.5. The first-order valence-corrected chi connectivity index (χ1v) is 11.5. The standard InChI is InChI=1S/C27H35NO4/c1-5-6-15-31-16-17-32-25-10-7-21(8-11-25)22-9-12-26-24(18-22)19-23(27(29)30-4)13-14-28(26)20(2)3/h7-12,18-20H,5-6,13-17H2,1-4H3. The molecule has 1 aliphatic heterocycles. The van der Waals surface area contributed by atoms with E-state index < -0.39 is 0 Å². The second kappa shape index (κ2) is 11.7. The molecule has 0 saturated heterocycles. The molecule has 0 aromatic heterocycles. The molecule has 2 aromatic carbocycles. The Hall–Kier alpha value is -2.79. The summed E-state index contributed by atoms with van der Waals surface area (Å²) in [5.74, 6) is 0.577. The maximum absolute atomic E-state index is 12.2. The Morgan fingerprint density at radius 2 is 1.78 bits per heavy atom. The van der Waals surface area contributed by atoms with E-state index in [9.17, 15) is 4.79 Å². The molecule has 0 unspecified atom stereocenters. The number of unbranched alkanes of at least 4 members (excludes halogenated alkanes) is 1. The van der Waals surface area contributed by atoms with Crippen LogP contribution in [0.4, 0.5) is 5.69 Å². The lowest BCUT2D eigenvalue weighted by atomic mass is 10.00. The van der Waals surface area contributed by atoms with Gasteiger partial charge in [0.25, 0.3) is 0 Å². The number of fused-ring (bicyclic) bond motifs is 1. The fraction of sp³-hybridized carbons (Fsp3) is 0.444. The number of hydrogen-bond acceptors (Lipinski definition) is 5. The molecule has 0 radical (unpaired) electrons. The van der Waals surface area contributed by atoms with Crippen molar-refractivity contribution in [2.75, 3.05) is 38.4 Å². The Morgan fingerprint density at radius 3 is 2.47 bits per heavy atom. The summed E-state index contributed by atoms with van der Waals surface area (Å²) in [5, 5.41) is 0. The highest BCUT2D eigenvalue weighted by Crippen LogP contribution is 2.34. The van der Waals surface area contributed by atoms with Gasteiger partial charge in [0.15, 0.2) is 0 Å². The second-order valence-electron chi connectivity index (χ2n) is 8.31. The number of carbonyl (C=O) groups excluding carboxylic acids is 1. The van der Waals surface area contributed by atoms with Gasteiger partial charge in [-0.05, 0) is 73.7 Å². The van der Waals surface area contributed by atoms with Gasteiger partial charge in [-0.1, -0.05) is 31.5 Å². The van der Waals surface area contributed by atoms with E-state index in [1.54, 1.807) is 0 Å². The summed E-state index contributed by atoms with van der Waals surface area (Å²) < 4.78 is 16.3. The van der Waals surface area contributed by atoms with Gasteiger partial charge >= 0.3 is 5.97 Å². The molecule has 1 heterocycles. The summed E-state index contributed by atoms with van der Waals surface area (Å²) in [6, 6.07) is 14.9. The van der Waals surface area contributed by atoms with Crippen molar-refractivity contribution in [3.05, 3.63) is 53.6 Å². The van der Waals surface area contributed by atoms with Crippen molar-refractivity contribution in [3.63, 3.8) is 0 Å². The number of methoxy groups -OCH3 is 1. The van der Waals surface area contributed by atoms with Crippen LogP contribution in [-0.4, -0.2) is 45.5 Å². The van der Waals surface area contributed by atoms with E-state index in [4.69, 9.17) is 14.2 Å². The van der Waals surface area contributed by atoms with Crippen LogP contribution in [0.2, 0.25) is 0 Å². The van der Waals surface area contributed by atoms with Crippen LogP contribution in [0.3, 0.4) is 0 Å². The van der Waals surface area contributed by atoms with Crippen molar-refractivity contribution < 1.29 is 19.0 Å². The number of ether oxygens (including phenoxy) is 3.